The summed E-state index contributed by atoms with van der Waals surface area (Å²) in [5.74, 6) is 0.989. The molecule has 1 atom stereocenters. The smallest absolute Gasteiger partial charge is 0.311 e. The average Bonchev–Trinajstić information content (AvgIpc) is 2.80. The van der Waals surface area contributed by atoms with Crippen LogP contribution in [0.5, 0.6) is 5.88 Å². The highest BCUT2D eigenvalue weighted by Gasteiger charge is 2.40. The number of esters is 1. The molecule has 1 aromatic heterocycles. The molecular weight excluding hydrogens is 294 g/mol. The van der Waals surface area contributed by atoms with E-state index < -0.39 is 5.41 Å². The van der Waals surface area contributed by atoms with Gasteiger partial charge in [-0.3, -0.25) is 9.69 Å². The normalized spacial score (nSPS) is 19.7. The molecular formula is C17H29N3O3. The van der Waals surface area contributed by atoms with Crippen LogP contribution in [0.2, 0.25) is 0 Å². The van der Waals surface area contributed by atoms with E-state index in [1.807, 2.05) is 27.8 Å². The Balaban J connectivity index is 2.12. The largest absolute Gasteiger partial charge is 0.481 e. The molecule has 1 saturated heterocycles. The van der Waals surface area contributed by atoms with Crippen LogP contribution >= 0.6 is 0 Å². The van der Waals surface area contributed by atoms with Gasteiger partial charge in [0.15, 0.2) is 0 Å². The zero-order valence-corrected chi connectivity index (χ0v) is 15.2. The first-order valence-corrected chi connectivity index (χ1v) is 8.18. The molecule has 0 saturated carbocycles. The zero-order valence-electron chi connectivity index (χ0n) is 15.2. The van der Waals surface area contributed by atoms with Gasteiger partial charge in [-0.15, -0.1) is 0 Å². The Hall–Kier alpha value is -1.56. The lowest BCUT2D eigenvalue weighted by Crippen LogP contribution is -2.44. The van der Waals surface area contributed by atoms with Crippen molar-refractivity contribution in [1.29, 1.82) is 0 Å². The third kappa shape index (κ3) is 3.52. The number of hydrogen-bond donors (Lipinski definition) is 0. The number of nitrogens with zero attached hydrogens (tertiary/aromatic N) is 3. The summed E-state index contributed by atoms with van der Waals surface area (Å²) >= 11 is 0. The van der Waals surface area contributed by atoms with Gasteiger partial charge >= 0.3 is 5.97 Å². The maximum Gasteiger partial charge on any atom is 0.311 e. The van der Waals surface area contributed by atoms with Gasteiger partial charge in [0.05, 0.1) is 30.9 Å². The van der Waals surface area contributed by atoms with E-state index in [0.717, 1.165) is 49.6 Å². The number of aryl methyl sites for hydroxylation is 2. The molecule has 1 aromatic rings. The molecule has 0 N–H and O–H groups in total. The summed E-state index contributed by atoms with van der Waals surface area (Å²) in [5, 5.41) is 4.45. The Morgan fingerprint density at radius 2 is 2.09 bits per heavy atom. The highest BCUT2D eigenvalue weighted by Crippen LogP contribution is 2.36. The van der Waals surface area contributed by atoms with E-state index in [0.29, 0.717) is 5.92 Å². The molecule has 0 aromatic carbocycles. The lowest BCUT2D eigenvalue weighted by molar-refractivity contribution is -0.155. The summed E-state index contributed by atoms with van der Waals surface area (Å²) < 4.78 is 12.3. The third-order valence-electron chi connectivity index (χ3n) is 5.10. The number of carbonyl (C=O) groups is 1. The number of methoxy groups -OCH3 is 2. The second-order valence-electron chi connectivity index (χ2n) is 6.98. The highest BCUT2D eigenvalue weighted by atomic mass is 16.5. The molecule has 1 aliphatic rings. The van der Waals surface area contributed by atoms with E-state index >= 15 is 0 Å². The van der Waals surface area contributed by atoms with Gasteiger partial charge < -0.3 is 9.47 Å². The summed E-state index contributed by atoms with van der Waals surface area (Å²) in [6.45, 7) is 8.71. The second kappa shape index (κ2) is 6.91. The first-order valence-electron chi connectivity index (χ1n) is 8.18. The quantitative estimate of drug-likeness (QED) is 0.777. The summed E-state index contributed by atoms with van der Waals surface area (Å²) in [7, 11) is 5.04. The summed E-state index contributed by atoms with van der Waals surface area (Å²) in [6, 6.07) is 0. The Morgan fingerprint density at radius 3 is 2.70 bits per heavy atom. The van der Waals surface area contributed by atoms with E-state index in [1.54, 1.807) is 11.8 Å². The fraction of sp³-hybridized carbons (Fsp3) is 0.765. The van der Waals surface area contributed by atoms with Gasteiger partial charge in [-0.25, -0.2) is 4.68 Å². The minimum Gasteiger partial charge on any atom is -0.481 e. The van der Waals surface area contributed by atoms with Crippen molar-refractivity contribution < 1.29 is 14.3 Å². The number of piperidine rings is 1. The first kappa shape index (κ1) is 17.8. The molecule has 6 heteroatoms. The minimum absolute atomic E-state index is 0.125. The van der Waals surface area contributed by atoms with E-state index in [-0.39, 0.29) is 5.97 Å². The van der Waals surface area contributed by atoms with Gasteiger partial charge in [-0.05, 0) is 46.1 Å². The molecule has 6 nitrogen and oxygen atoms in total. The van der Waals surface area contributed by atoms with Crippen LogP contribution in [0.25, 0.3) is 0 Å². The molecule has 1 unspecified atom stereocenters. The highest BCUT2D eigenvalue weighted by molar-refractivity contribution is 5.76. The zero-order chi connectivity index (χ0) is 17.2. The molecule has 0 amide bonds. The van der Waals surface area contributed by atoms with Crippen molar-refractivity contribution in [2.75, 3.05) is 27.3 Å². The molecule has 2 heterocycles. The fourth-order valence-corrected chi connectivity index (χ4v) is 3.56. The Bertz CT molecular complexity index is 566. The summed E-state index contributed by atoms with van der Waals surface area (Å²) in [6.07, 6.45) is 2.15. The van der Waals surface area contributed by atoms with Crippen LogP contribution < -0.4 is 4.74 Å². The number of ether oxygens (including phenoxy) is 2. The van der Waals surface area contributed by atoms with Crippen molar-refractivity contribution in [3.8, 4) is 5.88 Å². The van der Waals surface area contributed by atoms with Gasteiger partial charge in [-0.2, -0.15) is 5.10 Å². The van der Waals surface area contributed by atoms with Crippen LogP contribution in [0.3, 0.4) is 0 Å². The van der Waals surface area contributed by atoms with Gasteiger partial charge in [-0.1, -0.05) is 0 Å². The van der Waals surface area contributed by atoms with E-state index in [2.05, 4.69) is 10.00 Å². The minimum atomic E-state index is -0.457. The average molecular weight is 323 g/mol. The second-order valence-corrected chi connectivity index (χ2v) is 6.98. The molecule has 130 valence electrons. The van der Waals surface area contributed by atoms with Gasteiger partial charge in [0, 0.05) is 20.1 Å². The number of aromatic nitrogens is 2. The predicted molar refractivity (Wildman–Crippen MR) is 88.3 cm³/mol. The van der Waals surface area contributed by atoms with E-state index in [1.165, 1.54) is 7.11 Å². The molecule has 0 bridgehead atoms. The first-order chi connectivity index (χ1) is 10.8. The molecule has 0 spiro atoms. The molecule has 0 radical (unpaired) electrons. The van der Waals surface area contributed by atoms with Crippen molar-refractivity contribution in [2.24, 2.45) is 18.4 Å². The van der Waals surface area contributed by atoms with Crippen LogP contribution in [0.15, 0.2) is 0 Å². The van der Waals surface area contributed by atoms with Crippen LogP contribution in [0, 0.1) is 18.3 Å². The maximum atomic E-state index is 12.1. The SMILES string of the molecule is COC(=O)C(C)(C)C1CCCN(Cc2c(C)nn(C)c2OC)C1. The number of carbonyl (C=O) groups excluding carboxylic acids is 1. The number of likely N-dealkylation sites (tertiary alicyclic amines) is 1. The van der Waals surface area contributed by atoms with Crippen molar-refractivity contribution in [3.05, 3.63) is 11.3 Å². The van der Waals surface area contributed by atoms with E-state index in [9.17, 15) is 4.79 Å². The van der Waals surface area contributed by atoms with Crippen LogP contribution in [0.4, 0.5) is 0 Å². The van der Waals surface area contributed by atoms with Crippen LogP contribution in [-0.4, -0.2) is 48.0 Å². The third-order valence-corrected chi connectivity index (χ3v) is 5.10. The lowest BCUT2D eigenvalue weighted by Gasteiger charge is -2.39. The van der Waals surface area contributed by atoms with Crippen molar-refractivity contribution in [3.63, 3.8) is 0 Å². The van der Waals surface area contributed by atoms with Crippen LogP contribution in [0.1, 0.15) is 37.9 Å². The van der Waals surface area contributed by atoms with Crippen molar-refractivity contribution >= 4 is 5.97 Å². The molecule has 2 rings (SSSR count). The van der Waals surface area contributed by atoms with Gasteiger partial charge in [0.2, 0.25) is 5.88 Å². The Labute approximate surface area is 138 Å². The fourth-order valence-electron chi connectivity index (χ4n) is 3.56. The lowest BCUT2D eigenvalue weighted by atomic mass is 9.74. The molecule has 0 aliphatic carbocycles. The predicted octanol–water partition coefficient (Wildman–Crippen LogP) is 2.15. The molecule has 1 aliphatic heterocycles. The van der Waals surface area contributed by atoms with Gasteiger partial charge in [0.25, 0.3) is 0 Å². The molecule has 1 fully saturated rings. The van der Waals surface area contributed by atoms with Crippen molar-refractivity contribution in [1.82, 2.24) is 14.7 Å². The van der Waals surface area contributed by atoms with Crippen LogP contribution in [-0.2, 0) is 23.1 Å². The Kier molecular flexibility index (Phi) is 5.34. The topological polar surface area (TPSA) is 56.6 Å². The standard InChI is InChI=1S/C17H29N3O3/c1-12-14(15(22-5)19(4)18-12)11-20-9-7-8-13(10-20)17(2,3)16(21)23-6/h13H,7-11H2,1-6H3. The summed E-state index contributed by atoms with van der Waals surface area (Å²) in [4.78, 5) is 14.5. The monoisotopic (exact) mass is 323 g/mol. The van der Waals surface area contributed by atoms with Gasteiger partial charge in [0.1, 0.15) is 0 Å². The van der Waals surface area contributed by atoms with E-state index in [4.69, 9.17) is 9.47 Å². The number of hydrogen-bond acceptors (Lipinski definition) is 5. The summed E-state index contributed by atoms with van der Waals surface area (Å²) in [5.41, 5.74) is 1.67. The van der Waals surface area contributed by atoms with Crippen molar-refractivity contribution in [2.45, 2.75) is 40.2 Å². The Morgan fingerprint density at radius 1 is 1.39 bits per heavy atom. The molecule has 23 heavy (non-hydrogen) atoms. The number of rotatable bonds is 5. The maximum absolute atomic E-state index is 12.1.